The maximum atomic E-state index is 10.4. The van der Waals surface area contributed by atoms with Crippen molar-refractivity contribution in [3.63, 3.8) is 0 Å². The van der Waals surface area contributed by atoms with E-state index >= 15 is 0 Å². The van der Waals surface area contributed by atoms with E-state index in [1.807, 2.05) is 0 Å². The van der Waals surface area contributed by atoms with Crippen molar-refractivity contribution in [3.8, 4) is 11.5 Å². The van der Waals surface area contributed by atoms with E-state index in [1.54, 1.807) is 0 Å². The van der Waals surface area contributed by atoms with Crippen molar-refractivity contribution in [3.05, 3.63) is 40.8 Å². The molecule has 1 heterocycles. The van der Waals surface area contributed by atoms with Gasteiger partial charge < -0.3 is 9.47 Å². The summed E-state index contributed by atoms with van der Waals surface area (Å²) in [4.78, 5) is 9.88. The minimum Gasteiger partial charge on any atom is -0.457 e. The van der Waals surface area contributed by atoms with Gasteiger partial charge in [-0.15, -0.1) is 0 Å². The van der Waals surface area contributed by atoms with Crippen molar-refractivity contribution < 1.29 is 14.4 Å². The molecule has 0 amide bonds. The molecule has 1 radical (unpaired) electrons. The lowest BCUT2D eigenvalue weighted by Crippen LogP contribution is -1.97. The van der Waals surface area contributed by atoms with E-state index < -0.39 is 4.92 Å². The lowest BCUT2D eigenvalue weighted by molar-refractivity contribution is -0.384. The highest BCUT2D eigenvalue weighted by Crippen LogP contribution is 2.33. The Morgan fingerprint density at radius 1 is 1.38 bits per heavy atom. The average molecular weight is 178 g/mol. The number of nitrogens with zero attached hydrogens (tertiary/aromatic N) is 1. The van der Waals surface area contributed by atoms with Crippen LogP contribution in [0.1, 0.15) is 0 Å². The summed E-state index contributed by atoms with van der Waals surface area (Å²) in [6.45, 7) is 0. The van der Waals surface area contributed by atoms with E-state index in [4.69, 9.17) is 9.47 Å². The number of nitro benzene ring substituents is 1. The Morgan fingerprint density at radius 3 is 3.00 bits per heavy atom. The third-order valence-electron chi connectivity index (χ3n) is 1.54. The van der Waals surface area contributed by atoms with Gasteiger partial charge in [-0.2, -0.15) is 0 Å². The minimum absolute atomic E-state index is 0.0300. The molecule has 0 saturated heterocycles. The van der Waals surface area contributed by atoms with E-state index in [2.05, 4.69) is 6.26 Å². The van der Waals surface area contributed by atoms with Crippen LogP contribution in [0.25, 0.3) is 0 Å². The van der Waals surface area contributed by atoms with Gasteiger partial charge in [0.15, 0.2) is 11.5 Å². The first-order valence-corrected chi connectivity index (χ1v) is 3.46. The Balaban J connectivity index is 2.44. The van der Waals surface area contributed by atoms with Crippen molar-refractivity contribution in [2.45, 2.75) is 0 Å². The number of rotatable bonds is 1. The molecule has 0 fully saturated rings. The van der Waals surface area contributed by atoms with Crippen LogP contribution in [0.2, 0.25) is 0 Å². The fraction of sp³-hybridized carbons (Fsp3) is 0. The largest absolute Gasteiger partial charge is 0.457 e. The molecule has 0 unspecified atom stereocenters. The van der Waals surface area contributed by atoms with Gasteiger partial charge in [0.25, 0.3) is 5.69 Å². The second kappa shape index (κ2) is 2.78. The van der Waals surface area contributed by atoms with Gasteiger partial charge in [0.2, 0.25) is 6.26 Å². The molecule has 1 aliphatic rings. The predicted octanol–water partition coefficient (Wildman–Crippen LogP) is 1.64. The zero-order chi connectivity index (χ0) is 9.26. The van der Waals surface area contributed by atoms with Crippen LogP contribution >= 0.6 is 0 Å². The SMILES string of the molecule is O=[N+]([O-])c1ccc2c(c1)OC=[C]O2. The van der Waals surface area contributed by atoms with Gasteiger partial charge in [0.05, 0.1) is 11.0 Å². The smallest absolute Gasteiger partial charge is 0.273 e. The van der Waals surface area contributed by atoms with Crippen molar-refractivity contribution >= 4 is 5.69 Å². The summed E-state index contributed by atoms with van der Waals surface area (Å²) in [5.41, 5.74) is -0.0300. The third kappa shape index (κ3) is 1.31. The molecule has 0 aromatic heterocycles. The van der Waals surface area contributed by atoms with Gasteiger partial charge >= 0.3 is 0 Å². The van der Waals surface area contributed by atoms with E-state index in [-0.39, 0.29) is 5.69 Å². The third-order valence-corrected chi connectivity index (χ3v) is 1.54. The number of hydrogen-bond donors (Lipinski definition) is 0. The summed E-state index contributed by atoms with van der Waals surface area (Å²) < 4.78 is 9.85. The number of benzene rings is 1. The molecule has 0 aliphatic carbocycles. The van der Waals surface area contributed by atoms with Crippen LogP contribution in [0, 0.1) is 16.4 Å². The van der Waals surface area contributed by atoms with E-state index in [1.165, 1.54) is 24.5 Å². The van der Waals surface area contributed by atoms with E-state index in [0.29, 0.717) is 11.5 Å². The quantitative estimate of drug-likeness (QED) is 0.484. The van der Waals surface area contributed by atoms with Crippen molar-refractivity contribution in [1.82, 2.24) is 0 Å². The molecule has 65 valence electrons. The van der Waals surface area contributed by atoms with Crippen molar-refractivity contribution in [2.24, 2.45) is 0 Å². The van der Waals surface area contributed by atoms with Crippen LogP contribution in [-0.2, 0) is 0 Å². The van der Waals surface area contributed by atoms with Crippen LogP contribution in [0.3, 0.4) is 0 Å². The molecule has 13 heavy (non-hydrogen) atoms. The number of non-ortho nitro benzene ring substituents is 1. The molecule has 0 bridgehead atoms. The minimum atomic E-state index is -0.494. The van der Waals surface area contributed by atoms with Crippen LogP contribution in [0.5, 0.6) is 11.5 Å². The maximum absolute atomic E-state index is 10.4. The van der Waals surface area contributed by atoms with Crippen LogP contribution < -0.4 is 9.47 Å². The Kier molecular flexibility index (Phi) is 1.63. The number of fused-ring (bicyclic) bond motifs is 1. The normalized spacial score (nSPS) is 12.6. The van der Waals surface area contributed by atoms with Crippen molar-refractivity contribution in [2.75, 3.05) is 0 Å². The summed E-state index contributed by atoms with van der Waals surface area (Å²) in [6, 6.07) is 4.11. The molecular formula is C8H4NO4. The lowest BCUT2D eigenvalue weighted by atomic mass is 10.3. The Hall–Kier alpha value is -2.04. The molecule has 0 N–H and O–H groups in total. The molecule has 2 rings (SSSR count). The summed E-state index contributed by atoms with van der Waals surface area (Å²) >= 11 is 0. The predicted molar refractivity (Wildman–Crippen MR) is 42.2 cm³/mol. The first-order chi connectivity index (χ1) is 6.27. The highest BCUT2D eigenvalue weighted by atomic mass is 16.6. The Bertz CT molecular complexity index is 386. The van der Waals surface area contributed by atoms with Gasteiger partial charge in [0, 0.05) is 6.07 Å². The fourth-order valence-corrected chi connectivity index (χ4v) is 0.962. The topological polar surface area (TPSA) is 61.6 Å². The lowest BCUT2D eigenvalue weighted by Gasteiger charge is -2.09. The molecule has 1 aromatic rings. The van der Waals surface area contributed by atoms with Gasteiger partial charge in [-0.1, -0.05) is 0 Å². The Labute approximate surface area is 73.3 Å². The molecule has 0 saturated carbocycles. The number of hydrogen-bond acceptors (Lipinski definition) is 4. The molecule has 0 spiro atoms. The maximum Gasteiger partial charge on any atom is 0.273 e. The van der Waals surface area contributed by atoms with E-state index in [9.17, 15) is 10.1 Å². The summed E-state index contributed by atoms with van der Waals surface area (Å²) in [5, 5.41) is 10.4. The number of nitro groups is 1. The average Bonchev–Trinajstić information content (AvgIpc) is 2.17. The Morgan fingerprint density at radius 2 is 2.23 bits per heavy atom. The van der Waals surface area contributed by atoms with Crippen molar-refractivity contribution in [1.29, 1.82) is 0 Å². The zero-order valence-corrected chi connectivity index (χ0v) is 6.39. The highest BCUT2D eigenvalue weighted by Gasteiger charge is 2.14. The molecular weight excluding hydrogens is 174 g/mol. The summed E-state index contributed by atoms with van der Waals surface area (Å²) in [6.07, 6.45) is 3.57. The van der Waals surface area contributed by atoms with Gasteiger partial charge in [-0.05, 0) is 6.07 Å². The molecule has 1 aromatic carbocycles. The van der Waals surface area contributed by atoms with Gasteiger partial charge in [-0.25, -0.2) is 0 Å². The second-order valence-corrected chi connectivity index (χ2v) is 2.34. The van der Waals surface area contributed by atoms with E-state index in [0.717, 1.165) is 0 Å². The number of ether oxygens (including phenoxy) is 2. The monoisotopic (exact) mass is 178 g/mol. The van der Waals surface area contributed by atoms with Crippen LogP contribution in [-0.4, -0.2) is 4.92 Å². The van der Waals surface area contributed by atoms with Gasteiger partial charge in [0.1, 0.15) is 6.26 Å². The van der Waals surface area contributed by atoms with Gasteiger partial charge in [-0.3, -0.25) is 10.1 Å². The van der Waals surface area contributed by atoms with Crippen LogP contribution in [0.4, 0.5) is 5.69 Å². The molecule has 0 atom stereocenters. The second-order valence-electron chi connectivity index (χ2n) is 2.34. The molecule has 5 heteroatoms. The fourth-order valence-electron chi connectivity index (χ4n) is 0.962. The standard InChI is InChI=1S/C8H4NO4/c10-9(11)6-1-2-7-8(5-6)13-4-3-12-7/h1-2,4-5H. The first-order valence-electron chi connectivity index (χ1n) is 3.46. The van der Waals surface area contributed by atoms with Crippen LogP contribution in [0.15, 0.2) is 24.5 Å². The first kappa shape index (κ1) is 7.60. The highest BCUT2D eigenvalue weighted by molar-refractivity contribution is 5.49. The molecule has 5 nitrogen and oxygen atoms in total. The summed E-state index contributed by atoms with van der Waals surface area (Å²) in [7, 11) is 0. The zero-order valence-electron chi connectivity index (χ0n) is 6.39. The molecule has 1 aliphatic heterocycles. The summed E-state index contributed by atoms with van der Waals surface area (Å²) in [5.74, 6) is 0.751.